The molecule has 0 bridgehead atoms. The minimum absolute atomic E-state index is 0.0133. The Bertz CT molecular complexity index is 963. The maximum Gasteiger partial charge on any atom is 0.248 e. The molecule has 4 rings (SSSR count). The Morgan fingerprint density at radius 1 is 1.22 bits per heavy atom. The van der Waals surface area contributed by atoms with Crippen molar-refractivity contribution in [3.63, 3.8) is 0 Å². The van der Waals surface area contributed by atoms with Gasteiger partial charge in [0.25, 0.3) is 0 Å². The van der Waals surface area contributed by atoms with E-state index < -0.39 is 11.7 Å². The van der Waals surface area contributed by atoms with Crippen LogP contribution in [0, 0.1) is 11.7 Å². The van der Waals surface area contributed by atoms with Crippen molar-refractivity contribution in [2.24, 2.45) is 5.92 Å². The molecular weight excluding hydrogens is 377 g/mol. The van der Waals surface area contributed by atoms with Crippen LogP contribution in [0.15, 0.2) is 36.7 Å². The lowest BCUT2D eigenvalue weighted by atomic mass is 9.87. The van der Waals surface area contributed by atoms with Crippen LogP contribution in [0.4, 0.5) is 13.2 Å². The van der Waals surface area contributed by atoms with Crippen LogP contribution in [-0.4, -0.2) is 22.5 Å². The minimum Gasteiger partial charge on any atom is -0.490 e. The molecule has 0 saturated heterocycles. The van der Waals surface area contributed by atoms with Crippen LogP contribution < -0.4 is 4.74 Å². The summed E-state index contributed by atoms with van der Waals surface area (Å²) in [5.41, 5.74) is 2.37. The molecule has 1 aliphatic rings. The summed E-state index contributed by atoms with van der Waals surface area (Å²) in [4.78, 5) is 7.22. The Labute approximate surface area is 159 Å². The third kappa shape index (κ3) is 3.76. The minimum atomic E-state index is -2.58. The molecule has 1 N–H and O–H groups in total. The Morgan fingerprint density at radius 2 is 2.00 bits per heavy atom. The first-order valence-electron chi connectivity index (χ1n) is 8.85. The van der Waals surface area contributed by atoms with Crippen molar-refractivity contribution < 1.29 is 17.9 Å². The van der Waals surface area contributed by atoms with E-state index in [-0.39, 0.29) is 31.1 Å². The summed E-state index contributed by atoms with van der Waals surface area (Å²) in [6, 6.07) is 6.40. The second kappa shape index (κ2) is 7.08. The number of rotatable bonds is 4. The molecule has 0 atom stereocenters. The van der Waals surface area contributed by atoms with E-state index in [1.54, 1.807) is 24.5 Å². The lowest BCUT2D eigenvalue weighted by molar-refractivity contribution is -0.0499. The van der Waals surface area contributed by atoms with E-state index in [0.717, 1.165) is 22.0 Å². The number of hydrogen-bond donors (Lipinski definition) is 1. The van der Waals surface area contributed by atoms with E-state index in [1.807, 2.05) is 6.07 Å². The lowest BCUT2D eigenvalue weighted by Gasteiger charge is -2.28. The van der Waals surface area contributed by atoms with E-state index in [4.69, 9.17) is 16.3 Å². The van der Waals surface area contributed by atoms with Crippen molar-refractivity contribution in [2.45, 2.75) is 31.6 Å². The van der Waals surface area contributed by atoms with Crippen molar-refractivity contribution >= 4 is 22.5 Å². The average molecular weight is 395 g/mol. The highest BCUT2D eigenvalue weighted by atomic mass is 35.5. The smallest absolute Gasteiger partial charge is 0.248 e. The number of ether oxygens (including phenoxy) is 1. The van der Waals surface area contributed by atoms with Gasteiger partial charge < -0.3 is 9.72 Å². The second-order valence-corrected chi connectivity index (χ2v) is 7.34. The van der Waals surface area contributed by atoms with Crippen LogP contribution in [-0.2, 0) is 0 Å². The highest BCUT2D eigenvalue weighted by Crippen LogP contribution is 2.37. The maximum absolute atomic E-state index is 14.2. The Kier molecular flexibility index (Phi) is 4.76. The number of H-pyrrole nitrogens is 1. The summed E-state index contributed by atoms with van der Waals surface area (Å²) in [5.74, 6) is -2.94. The van der Waals surface area contributed by atoms with Gasteiger partial charge in [-0.25, -0.2) is 18.2 Å². The van der Waals surface area contributed by atoms with E-state index in [0.29, 0.717) is 18.0 Å². The fraction of sp³-hybridized carbons (Fsp3) is 0.350. The zero-order chi connectivity index (χ0) is 19.0. The lowest BCUT2D eigenvalue weighted by Crippen LogP contribution is -2.27. The second-order valence-electron chi connectivity index (χ2n) is 6.98. The molecule has 0 spiro atoms. The normalized spacial score (nSPS) is 17.3. The van der Waals surface area contributed by atoms with Gasteiger partial charge in [-0.3, -0.25) is 0 Å². The van der Waals surface area contributed by atoms with E-state index >= 15 is 0 Å². The molecule has 0 amide bonds. The Balaban J connectivity index is 1.55. The molecule has 3 aromatic rings. The monoisotopic (exact) mass is 394 g/mol. The fourth-order valence-corrected chi connectivity index (χ4v) is 3.78. The Morgan fingerprint density at radius 3 is 2.78 bits per heavy atom. The third-order valence-electron chi connectivity index (χ3n) is 5.10. The summed E-state index contributed by atoms with van der Waals surface area (Å²) in [5, 5.41) is 1.12. The van der Waals surface area contributed by atoms with Gasteiger partial charge in [-0.15, -0.1) is 0 Å². The quantitative estimate of drug-likeness (QED) is 0.533. The summed E-state index contributed by atoms with van der Waals surface area (Å²) in [6.45, 7) is 0.229. The molecule has 27 heavy (non-hydrogen) atoms. The fourth-order valence-electron chi connectivity index (χ4n) is 3.52. The van der Waals surface area contributed by atoms with E-state index in [9.17, 15) is 13.2 Å². The molecule has 3 nitrogen and oxygen atoms in total. The number of fused-ring (bicyclic) bond motifs is 1. The number of pyridine rings is 1. The molecule has 0 aliphatic heterocycles. The van der Waals surface area contributed by atoms with Crippen LogP contribution in [0.1, 0.15) is 25.7 Å². The van der Waals surface area contributed by atoms with Crippen LogP contribution in [0.3, 0.4) is 0 Å². The number of alkyl halides is 2. The SMILES string of the molecule is Fc1ccc(-c2c[nH]c3ccnc(Cl)c23)cc1OCC1CCC(F)(F)CC1. The van der Waals surface area contributed by atoms with Crippen LogP contribution in [0.25, 0.3) is 22.0 Å². The van der Waals surface area contributed by atoms with Crippen LogP contribution >= 0.6 is 11.6 Å². The molecule has 7 heteroatoms. The van der Waals surface area contributed by atoms with E-state index in [2.05, 4.69) is 9.97 Å². The molecule has 0 radical (unpaired) electrons. The van der Waals surface area contributed by atoms with Gasteiger partial charge in [0.15, 0.2) is 11.6 Å². The molecule has 2 heterocycles. The molecular formula is C20H18ClF3N2O. The summed E-state index contributed by atoms with van der Waals surface area (Å²) in [7, 11) is 0. The summed E-state index contributed by atoms with van der Waals surface area (Å²) >= 11 is 6.21. The zero-order valence-corrected chi connectivity index (χ0v) is 15.2. The van der Waals surface area contributed by atoms with E-state index in [1.165, 1.54) is 6.07 Å². The number of hydrogen-bond acceptors (Lipinski definition) is 2. The van der Waals surface area contributed by atoms with Crippen molar-refractivity contribution in [1.82, 2.24) is 9.97 Å². The molecule has 1 aromatic carbocycles. The van der Waals surface area contributed by atoms with Gasteiger partial charge in [0.2, 0.25) is 5.92 Å². The number of halogens is 4. The predicted octanol–water partition coefficient (Wildman–Crippen LogP) is 6.23. The third-order valence-corrected chi connectivity index (χ3v) is 5.39. The molecule has 142 valence electrons. The number of nitrogens with one attached hydrogen (secondary N) is 1. The van der Waals surface area contributed by atoms with Crippen molar-refractivity contribution in [2.75, 3.05) is 6.61 Å². The number of aromatic nitrogens is 2. The molecule has 1 fully saturated rings. The first kappa shape index (κ1) is 18.2. The number of benzene rings is 1. The van der Waals surface area contributed by atoms with Gasteiger partial charge in [-0.2, -0.15) is 0 Å². The predicted molar refractivity (Wildman–Crippen MR) is 98.9 cm³/mol. The number of nitrogens with zero attached hydrogens (tertiary/aromatic N) is 1. The van der Waals surface area contributed by atoms with Crippen LogP contribution in [0.5, 0.6) is 5.75 Å². The van der Waals surface area contributed by atoms with Crippen molar-refractivity contribution in [3.8, 4) is 16.9 Å². The molecule has 1 saturated carbocycles. The highest BCUT2D eigenvalue weighted by molar-refractivity contribution is 6.35. The highest BCUT2D eigenvalue weighted by Gasteiger charge is 2.35. The maximum atomic E-state index is 14.2. The van der Waals surface area contributed by atoms with Crippen molar-refractivity contribution in [1.29, 1.82) is 0 Å². The first-order valence-corrected chi connectivity index (χ1v) is 9.23. The van der Waals surface area contributed by atoms with Gasteiger partial charge in [0.05, 0.1) is 12.1 Å². The largest absolute Gasteiger partial charge is 0.490 e. The van der Waals surface area contributed by atoms with Gasteiger partial charge in [-0.1, -0.05) is 17.7 Å². The van der Waals surface area contributed by atoms with Crippen molar-refractivity contribution in [3.05, 3.63) is 47.6 Å². The topological polar surface area (TPSA) is 37.9 Å². The summed E-state index contributed by atoms with van der Waals surface area (Å²) < 4.78 is 46.3. The summed E-state index contributed by atoms with van der Waals surface area (Å²) in [6.07, 6.45) is 3.90. The Hall–Kier alpha value is -2.21. The number of aromatic amines is 1. The molecule has 2 aromatic heterocycles. The molecule has 1 aliphatic carbocycles. The van der Waals surface area contributed by atoms with Gasteiger partial charge in [0.1, 0.15) is 5.15 Å². The molecule has 0 unspecified atom stereocenters. The first-order chi connectivity index (χ1) is 12.9. The zero-order valence-electron chi connectivity index (χ0n) is 14.4. The van der Waals surface area contributed by atoms with Gasteiger partial charge in [-0.05, 0) is 42.5 Å². The van der Waals surface area contributed by atoms with Gasteiger partial charge in [0, 0.05) is 36.2 Å². The standard InChI is InChI=1S/C20H18ClF3N2O/c21-19-18-14(10-26-16(18)5-8-25-19)13-1-2-15(22)17(9-13)27-11-12-3-6-20(23,24)7-4-12/h1-2,5,8-10,12,26H,3-4,6-7,11H2. The average Bonchev–Trinajstić information content (AvgIpc) is 3.07. The van der Waals surface area contributed by atoms with Crippen LogP contribution in [0.2, 0.25) is 5.15 Å². The van der Waals surface area contributed by atoms with Gasteiger partial charge >= 0.3 is 0 Å².